The third kappa shape index (κ3) is 1.57. The van der Waals surface area contributed by atoms with Gasteiger partial charge in [0.1, 0.15) is 4.83 Å². The number of nitrogens with two attached hydrogens (primary N) is 1. The van der Waals surface area contributed by atoms with E-state index >= 15 is 0 Å². The summed E-state index contributed by atoms with van der Waals surface area (Å²) in [5.41, 5.74) is 9.29. The molecule has 3 aromatic rings. The van der Waals surface area contributed by atoms with Crippen molar-refractivity contribution in [2.24, 2.45) is 12.8 Å². The fraction of sp³-hybridized carbons (Fsp3) is 0.154. The summed E-state index contributed by atoms with van der Waals surface area (Å²) in [6.45, 7) is 0.518. The molecule has 0 spiro atoms. The van der Waals surface area contributed by atoms with E-state index in [1.807, 2.05) is 18.5 Å². The zero-order chi connectivity index (χ0) is 11.8. The summed E-state index contributed by atoms with van der Waals surface area (Å²) in [5.74, 6) is 0. The van der Waals surface area contributed by atoms with Crippen LogP contribution in [0.4, 0.5) is 0 Å². The summed E-state index contributed by atoms with van der Waals surface area (Å²) in [7, 11) is 2.08. The van der Waals surface area contributed by atoms with Crippen LogP contribution in [0, 0.1) is 0 Å². The molecule has 0 bridgehead atoms. The second-order valence-corrected chi connectivity index (χ2v) is 4.92. The fourth-order valence-corrected chi connectivity index (χ4v) is 3.03. The number of aromatic nitrogens is 2. The van der Waals surface area contributed by atoms with Crippen LogP contribution in [-0.4, -0.2) is 9.55 Å². The minimum absolute atomic E-state index is 0.518. The number of hydrogen-bond donors (Lipinski definition) is 1. The standard InChI is InChI=1S/C13H13N3S/c1-16-8-12(11-3-5-17-13(11)16)10-2-4-15-7-9(10)6-14/h2-5,7-8H,6,14H2,1H3. The number of thiophene rings is 1. The van der Waals surface area contributed by atoms with E-state index in [1.54, 1.807) is 11.3 Å². The molecule has 86 valence electrons. The third-order valence-electron chi connectivity index (χ3n) is 2.99. The molecule has 0 saturated carbocycles. The highest BCUT2D eigenvalue weighted by Gasteiger charge is 2.12. The van der Waals surface area contributed by atoms with Gasteiger partial charge in [-0.05, 0) is 28.6 Å². The van der Waals surface area contributed by atoms with Crippen molar-refractivity contribution in [1.82, 2.24) is 9.55 Å². The van der Waals surface area contributed by atoms with Gasteiger partial charge < -0.3 is 10.3 Å². The molecule has 2 N–H and O–H groups in total. The monoisotopic (exact) mass is 243 g/mol. The maximum Gasteiger partial charge on any atom is 0.103 e. The number of pyridine rings is 1. The lowest BCUT2D eigenvalue weighted by Crippen LogP contribution is -1.99. The van der Waals surface area contributed by atoms with E-state index in [0.29, 0.717) is 6.54 Å². The van der Waals surface area contributed by atoms with Crippen LogP contribution in [0.1, 0.15) is 5.56 Å². The Morgan fingerprint density at radius 2 is 2.24 bits per heavy atom. The second kappa shape index (κ2) is 3.98. The van der Waals surface area contributed by atoms with Crippen molar-refractivity contribution < 1.29 is 0 Å². The summed E-state index contributed by atoms with van der Waals surface area (Å²) in [6.07, 6.45) is 5.83. The summed E-state index contributed by atoms with van der Waals surface area (Å²) in [6, 6.07) is 4.20. The number of nitrogens with zero attached hydrogens (tertiary/aromatic N) is 2. The molecule has 0 fully saturated rings. The molecule has 4 heteroatoms. The SMILES string of the molecule is Cn1cc(-c2ccncc2CN)c2ccsc21. The summed E-state index contributed by atoms with van der Waals surface area (Å²) in [5, 5.41) is 3.41. The highest BCUT2D eigenvalue weighted by Crippen LogP contribution is 2.34. The first-order chi connectivity index (χ1) is 8.31. The Morgan fingerprint density at radius 1 is 1.35 bits per heavy atom. The fourth-order valence-electron chi connectivity index (χ4n) is 2.17. The smallest absolute Gasteiger partial charge is 0.103 e. The first-order valence-electron chi connectivity index (χ1n) is 5.47. The molecule has 0 aliphatic rings. The molecule has 3 aromatic heterocycles. The quantitative estimate of drug-likeness (QED) is 0.752. The van der Waals surface area contributed by atoms with E-state index in [4.69, 9.17) is 5.73 Å². The van der Waals surface area contributed by atoms with Gasteiger partial charge in [-0.1, -0.05) is 0 Å². The second-order valence-electron chi connectivity index (χ2n) is 4.03. The van der Waals surface area contributed by atoms with Gasteiger partial charge in [-0.25, -0.2) is 0 Å². The van der Waals surface area contributed by atoms with Gasteiger partial charge in [-0.15, -0.1) is 11.3 Å². The highest BCUT2D eigenvalue weighted by atomic mass is 32.1. The number of aryl methyl sites for hydroxylation is 1. The van der Waals surface area contributed by atoms with Gasteiger partial charge in [-0.3, -0.25) is 4.98 Å². The van der Waals surface area contributed by atoms with E-state index < -0.39 is 0 Å². The van der Waals surface area contributed by atoms with Crippen molar-refractivity contribution in [2.45, 2.75) is 6.54 Å². The minimum atomic E-state index is 0.518. The topological polar surface area (TPSA) is 43.8 Å². The summed E-state index contributed by atoms with van der Waals surface area (Å²) >= 11 is 1.76. The van der Waals surface area contributed by atoms with Gasteiger partial charge in [0.05, 0.1) is 0 Å². The Kier molecular flexibility index (Phi) is 2.46. The van der Waals surface area contributed by atoms with Gasteiger partial charge in [0.2, 0.25) is 0 Å². The van der Waals surface area contributed by atoms with Crippen molar-refractivity contribution in [2.75, 3.05) is 0 Å². The molecule has 3 rings (SSSR count). The van der Waals surface area contributed by atoms with Crippen molar-refractivity contribution in [3.63, 3.8) is 0 Å². The molecule has 0 atom stereocenters. The first kappa shape index (κ1) is 10.5. The first-order valence-corrected chi connectivity index (χ1v) is 6.35. The molecule has 17 heavy (non-hydrogen) atoms. The number of hydrogen-bond acceptors (Lipinski definition) is 3. The Morgan fingerprint density at radius 3 is 3.06 bits per heavy atom. The predicted octanol–water partition coefficient (Wildman–Crippen LogP) is 2.76. The van der Waals surface area contributed by atoms with Gasteiger partial charge in [0, 0.05) is 43.1 Å². The number of fused-ring (bicyclic) bond motifs is 1. The zero-order valence-corrected chi connectivity index (χ0v) is 10.4. The van der Waals surface area contributed by atoms with Gasteiger partial charge in [0.15, 0.2) is 0 Å². The van der Waals surface area contributed by atoms with E-state index in [1.165, 1.54) is 21.3 Å². The van der Waals surface area contributed by atoms with Crippen LogP contribution in [0.3, 0.4) is 0 Å². The van der Waals surface area contributed by atoms with Crippen LogP contribution in [0.15, 0.2) is 36.1 Å². The van der Waals surface area contributed by atoms with Crippen LogP contribution in [0.2, 0.25) is 0 Å². The average molecular weight is 243 g/mol. The normalized spacial score (nSPS) is 11.2. The van der Waals surface area contributed by atoms with Crippen LogP contribution in [0.25, 0.3) is 21.3 Å². The van der Waals surface area contributed by atoms with Gasteiger partial charge in [0.25, 0.3) is 0 Å². The Bertz CT molecular complexity index is 666. The molecular formula is C13H13N3S. The van der Waals surface area contributed by atoms with Crippen molar-refractivity contribution >= 4 is 21.6 Å². The summed E-state index contributed by atoms with van der Waals surface area (Å²) in [4.78, 5) is 5.42. The average Bonchev–Trinajstić information content (AvgIpc) is 2.94. The minimum Gasteiger partial charge on any atom is -0.342 e. The van der Waals surface area contributed by atoms with E-state index in [0.717, 1.165) is 5.56 Å². The molecule has 3 heterocycles. The van der Waals surface area contributed by atoms with Gasteiger partial charge in [-0.2, -0.15) is 0 Å². The molecule has 0 amide bonds. The van der Waals surface area contributed by atoms with Crippen LogP contribution in [-0.2, 0) is 13.6 Å². The predicted molar refractivity (Wildman–Crippen MR) is 71.9 cm³/mol. The van der Waals surface area contributed by atoms with Crippen LogP contribution < -0.4 is 5.73 Å². The Balaban J connectivity index is 2.30. The lowest BCUT2D eigenvalue weighted by molar-refractivity contribution is 0.977. The van der Waals surface area contributed by atoms with E-state index in [-0.39, 0.29) is 0 Å². The Labute approximate surface area is 104 Å². The van der Waals surface area contributed by atoms with Crippen molar-refractivity contribution in [3.8, 4) is 11.1 Å². The van der Waals surface area contributed by atoms with Crippen LogP contribution in [0.5, 0.6) is 0 Å². The molecule has 3 nitrogen and oxygen atoms in total. The van der Waals surface area contributed by atoms with Crippen molar-refractivity contribution in [3.05, 3.63) is 41.7 Å². The highest BCUT2D eigenvalue weighted by molar-refractivity contribution is 7.16. The van der Waals surface area contributed by atoms with Crippen LogP contribution >= 0.6 is 11.3 Å². The molecule has 0 unspecified atom stereocenters. The third-order valence-corrected chi connectivity index (χ3v) is 4.00. The Hall–Kier alpha value is -1.65. The molecule has 0 saturated heterocycles. The maximum absolute atomic E-state index is 5.77. The summed E-state index contributed by atoms with van der Waals surface area (Å²) < 4.78 is 2.16. The van der Waals surface area contributed by atoms with Crippen molar-refractivity contribution in [1.29, 1.82) is 0 Å². The molecule has 0 aromatic carbocycles. The molecular weight excluding hydrogens is 230 g/mol. The van der Waals surface area contributed by atoms with Gasteiger partial charge >= 0.3 is 0 Å². The molecule has 0 aliphatic heterocycles. The van der Waals surface area contributed by atoms with E-state index in [2.05, 4.69) is 34.2 Å². The molecule has 0 radical (unpaired) electrons. The largest absolute Gasteiger partial charge is 0.342 e. The molecule has 0 aliphatic carbocycles. The number of rotatable bonds is 2. The van der Waals surface area contributed by atoms with E-state index in [9.17, 15) is 0 Å². The zero-order valence-electron chi connectivity index (χ0n) is 9.55. The lowest BCUT2D eigenvalue weighted by atomic mass is 10.0. The lowest BCUT2D eigenvalue weighted by Gasteiger charge is -2.04. The maximum atomic E-state index is 5.77.